The molecule has 0 aliphatic rings. The third-order valence-electron chi connectivity index (χ3n) is 2.91. The summed E-state index contributed by atoms with van der Waals surface area (Å²) in [7, 11) is 0. The maximum Gasteiger partial charge on any atom is 0.251 e. The van der Waals surface area contributed by atoms with Crippen molar-refractivity contribution in [3.8, 4) is 0 Å². The van der Waals surface area contributed by atoms with Gasteiger partial charge in [-0.3, -0.25) is 9.59 Å². The van der Waals surface area contributed by atoms with Gasteiger partial charge in [0.15, 0.2) is 0 Å². The van der Waals surface area contributed by atoms with E-state index in [1.165, 1.54) is 0 Å². The van der Waals surface area contributed by atoms with Crippen molar-refractivity contribution in [2.24, 2.45) is 5.92 Å². The van der Waals surface area contributed by atoms with Gasteiger partial charge in [-0.05, 0) is 24.5 Å². The van der Waals surface area contributed by atoms with Crippen LogP contribution < -0.4 is 10.6 Å². The van der Waals surface area contributed by atoms with Gasteiger partial charge in [-0.2, -0.15) is 0 Å². The van der Waals surface area contributed by atoms with E-state index >= 15 is 0 Å². The van der Waals surface area contributed by atoms with Crippen LogP contribution in [-0.2, 0) is 9.53 Å². The van der Waals surface area contributed by atoms with E-state index in [0.717, 1.165) is 13.0 Å². The van der Waals surface area contributed by atoms with Crippen LogP contribution in [0, 0.1) is 5.92 Å². The molecule has 0 bridgehead atoms. The summed E-state index contributed by atoms with van der Waals surface area (Å²) in [6.45, 7) is 6.55. The lowest BCUT2D eigenvalue weighted by Crippen LogP contribution is -2.31. The fourth-order valence-electron chi connectivity index (χ4n) is 1.79. The van der Waals surface area contributed by atoms with Gasteiger partial charge in [-0.15, -0.1) is 0 Å². The van der Waals surface area contributed by atoms with Gasteiger partial charge in [0, 0.05) is 38.3 Å². The molecule has 0 atom stereocenters. The second-order valence-corrected chi connectivity index (χ2v) is 5.54. The van der Waals surface area contributed by atoms with Gasteiger partial charge in [0.05, 0.1) is 0 Å². The van der Waals surface area contributed by atoms with Crippen molar-refractivity contribution in [3.05, 3.63) is 35.9 Å². The molecule has 1 rings (SSSR count). The normalized spacial score (nSPS) is 10.5. The van der Waals surface area contributed by atoms with Crippen LogP contribution in [0.3, 0.4) is 0 Å². The SMILES string of the molecule is CC(C)COCCCNC(=O)CCNC(=O)c1ccccc1. The minimum Gasteiger partial charge on any atom is -0.381 e. The fourth-order valence-corrected chi connectivity index (χ4v) is 1.79. The Bertz CT molecular complexity index is 446. The third-order valence-corrected chi connectivity index (χ3v) is 2.91. The van der Waals surface area contributed by atoms with Gasteiger partial charge in [0.25, 0.3) is 5.91 Å². The molecule has 1 aromatic rings. The van der Waals surface area contributed by atoms with Crippen LogP contribution in [0.1, 0.15) is 37.0 Å². The van der Waals surface area contributed by atoms with Crippen molar-refractivity contribution in [2.45, 2.75) is 26.7 Å². The van der Waals surface area contributed by atoms with Gasteiger partial charge >= 0.3 is 0 Å². The molecule has 0 fully saturated rings. The Labute approximate surface area is 132 Å². The molecule has 22 heavy (non-hydrogen) atoms. The first-order valence-electron chi connectivity index (χ1n) is 7.77. The number of hydrogen-bond acceptors (Lipinski definition) is 3. The predicted molar refractivity (Wildman–Crippen MR) is 86.7 cm³/mol. The molecule has 0 aliphatic heterocycles. The molecule has 2 N–H and O–H groups in total. The van der Waals surface area contributed by atoms with Crippen LogP contribution in [0.25, 0.3) is 0 Å². The summed E-state index contributed by atoms with van der Waals surface area (Å²) < 4.78 is 5.43. The first-order valence-corrected chi connectivity index (χ1v) is 7.77. The topological polar surface area (TPSA) is 67.4 Å². The molecule has 0 saturated carbocycles. The van der Waals surface area contributed by atoms with Gasteiger partial charge in [-0.1, -0.05) is 32.0 Å². The maximum atomic E-state index is 11.8. The smallest absolute Gasteiger partial charge is 0.251 e. The Kier molecular flexibility index (Phi) is 8.91. The molecule has 0 radical (unpaired) electrons. The molecule has 0 spiro atoms. The number of carbonyl (C=O) groups is 2. The second kappa shape index (κ2) is 10.8. The standard InChI is InChI=1S/C17H26N2O3/c1-14(2)13-22-12-6-10-18-16(20)9-11-19-17(21)15-7-4-3-5-8-15/h3-5,7-8,14H,6,9-13H2,1-2H3,(H,18,20)(H,19,21). The van der Waals surface area contributed by atoms with Crippen LogP contribution in [0.5, 0.6) is 0 Å². The summed E-state index contributed by atoms with van der Waals surface area (Å²) >= 11 is 0. The van der Waals surface area contributed by atoms with Crippen molar-refractivity contribution in [1.29, 1.82) is 0 Å². The molecule has 0 aliphatic carbocycles. The van der Waals surface area contributed by atoms with Gasteiger partial charge in [0.2, 0.25) is 5.91 Å². The quantitative estimate of drug-likeness (QED) is 0.650. The largest absolute Gasteiger partial charge is 0.381 e. The van der Waals surface area contributed by atoms with Crippen molar-refractivity contribution >= 4 is 11.8 Å². The molecular weight excluding hydrogens is 280 g/mol. The Morgan fingerprint density at radius 3 is 2.50 bits per heavy atom. The number of rotatable bonds is 10. The zero-order chi connectivity index (χ0) is 16.2. The van der Waals surface area contributed by atoms with Crippen LogP contribution in [0.15, 0.2) is 30.3 Å². The highest BCUT2D eigenvalue weighted by atomic mass is 16.5. The Hall–Kier alpha value is -1.88. The van der Waals surface area contributed by atoms with E-state index in [2.05, 4.69) is 24.5 Å². The maximum absolute atomic E-state index is 11.8. The summed E-state index contributed by atoms with van der Waals surface area (Å²) in [5.41, 5.74) is 0.602. The molecule has 0 aromatic heterocycles. The lowest BCUT2D eigenvalue weighted by atomic mass is 10.2. The highest BCUT2D eigenvalue weighted by Crippen LogP contribution is 1.97. The van der Waals surface area contributed by atoms with E-state index in [-0.39, 0.29) is 18.2 Å². The van der Waals surface area contributed by atoms with Crippen molar-refractivity contribution in [3.63, 3.8) is 0 Å². The summed E-state index contributed by atoms with van der Waals surface area (Å²) in [4.78, 5) is 23.4. The summed E-state index contributed by atoms with van der Waals surface area (Å²) in [6.07, 6.45) is 1.08. The summed E-state index contributed by atoms with van der Waals surface area (Å²) in [5, 5.41) is 5.54. The van der Waals surface area contributed by atoms with E-state index in [1.54, 1.807) is 12.1 Å². The highest BCUT2D eigenvalue weighted by molar-refractivity contribution is 5.94. The predicted octanol–water partition coefficient (Wildman–Crippen LogP) is 1.99. The second-order valence-electron chi connectivity index (χ2n) is 5.54. The minimum atomic E-state index is -0.157. The third kappa shape index (κ3) is 8.42. The minimum absolute atomic E-state index is 0.0581. The summed E-state index contributed by atoms with van der Waals surface area (Å²) in [5.74, 6) is 0.315. The van der Waals surface area contributed by atoms with Gasteiger partial charge < -0.3 is 15.4 Å². The Morgan fingerprint density at radius 1 is 1.09 bits per heavy atom. The van der Waals surface area contributed by atoms with E-state index in [9.17, 15) is 9.59 Å². The molecule has 122 valence electrons. The number of ether oxygens (including phenoxy) is 1. The molecule has 5 nitrogen and oxygen atoms in total. The number of hydrogen-bond donors (Lipinski definition) is 2. The van der Waals surface area contributed by atoms with E-state index in [1.807, 2.05) is 18.2 Å². The van der Waals surface area contributed by atoms with Crippen LogP contribution in [-0.4, -0.2) is 38.1 Å². The van der Waals surface area contributed by atoms with Crippen molar-refractivity contribution < 1.29 is 14.3 Å². The van der Waals surface area contributed by atoms with E-state index < -0.39 is 0 Å². The molecule has 1 aromatic carbocycles. The molecule has 2 amide bonds. The van der Waals surface area contributed by atoms with Gasteiger partial charge in [0.1, 0.15) is 0 Å². The monoisotopic (exact) mass is 306 g/mol. The van der Waals surface area contributed by atoms with E-state index in [4.69, 9.17) is 4.74 Å². The fraction of sp³-hybridized carbons (Fsp3) is 0.529. The highest BCUT2D eigenvalue weighted by Gasteiger charge is 2.05. The zero-order valence-corrected chi connectivity index (χ0v) is 13.4. The molecule has 0 heterocycles. The first kappa shape index (κ1) is 18.2. The van der Waals surface area contributed by atoms with Crippen molar-refractivity contribution in [1.82, 2.24) is 10.6 Å². The zero-order valence-electron chi connectivity index (χ0n) is 13.4. The molecule has 0 saturated heterocycles. The lowest BCUT2D eigenvalue weighted by molar-refractivity contribution is -0.121. The average Bonchev–Trinajstić information content (AvgIpc) is 2.51. The number of amides is 2. The van der Waals surface area contributed by atoms with Gasteiger partial charge in [-0.25, -0.2) is 0 Å². The lowest BCUT2D eigenvalue weighted by Gasteiger charge is -2.08. The van der Waals surface area contributed by atoms with Crippen LogP contribution in [0.4, 0.5) is 0 Å². The average molecular weight is 306 g/mol. The first-order chi connectivity index (χ1) is 10.6. The Balaban J connectivity index is 2.03. The molecular formula is C17H26N2O3. The van der Waals surface area contributed by atoms with Crippen molar-refractivity contribution in [2.75, 3.05) is 26.3 Å². The Morgan fingerprint density at radius 2 is 1.82 bits per heavy atom. The van der Waals surface area contributed by atoms with Crippen LogP contribution >= 0.6 is 0 Å². The van der Waals surface area contributed by atoms with Crippen LogP contribution in [0.2, 0.25) is 0 Å². The van der Waals surface area contributed by atoms with E-state index in [0.29, 0.717) is 31.2 Å². The summed E-state index contributed by atoms with van der Waals surface area (Å²) in [6, 6.07) is 8.96. The molecule has 5 heteroatoms. The number of benzene rings is 1. The number of nitrogens with one attached hydrogen (secondary N) is 2. The molecule has 0 unspecified atom stereocenters. The number of carbonyl (C=O) groups excluding carboxylic acids is 2.